The lowest BCUT2D eigenvalue weighted by Gasteiger charge is -2.11. The van der Waals surface area contributed by atoms with Gasteiger partial charge in [-0.3, -0.25) is 0 Å². The van der Waals surface area contributed by atoms with Gasteiger partial charge in [0.2, 0.25) is 0 Å². The van der Waals surface area contributed by atoms with Crippen LogP contribution < -0.4 is 10.6 Å². The van der Waals surface area contributed by atoms with Crippen LogP contribution in [-0.2, 0) is 0 Å². The number of hydrogen-bond acceptors (Lipinski definition) is 1. The molecule has 0 atom stereocenters. The van der Waals surface area contributed by atoms with E-state index in [9.17, 15) is 4.79 Å². The van der Waals surface area contributed by atoms with E-state index in [1.807, 2.05) is 0 Å². The number of urea groups is 1. The highest BCUT2D eigenvalue weighted by Crippen LogP contribution is 2.17. The number of hydrogen-bond donors (Lipinski definition) is 2. The number of carbonyl (C=O) groups is 1. The fraction of sp³-hybridized carbons (Fsp3) is 0.750. The highest BCUT2D eigenvalue weighted by molar-refractivity contribution is 5.74. The topological polar surface area (TPSA) is 41.1 Å². The summed E-state index contributed by atoms with van der Waals surface area (Å²) in [6, 6.07) is 0.327. The van der Waals surface area contributed by atoms with Crippen LogP contribution >= 0.6 is 0 Å². The first-order valence-electron chi connectivity index (χ1n) is 4.16. The molecule has 1 aliphatic rings. The lowest BCUT2D eigenvalue weighted by molar-refractivity contribution is 0.238. The third-order valence-corrected chi connectivity index (χ3v) is 1.98. The number of carbonyl (C=O) groups excluding carboxylic acids is 1. The summed E-state index contributed by atoms with van der Waals surface area (Å²) in [7, 11) is 0. The second-order valence-electron chi connectivity index (χ2n) is 2.88. The largest absolute Gasteiger partial charge is 0.338 e. The summed E-state index contributed by atoms with van der Waals surface area (Å²) in [4.78, 5) is 10.9. The first-order valence-corrected chi connectivity index (χ1v) is 4.16. The van der Waals surface area contributed by atoms with E-state index in [0.29, 0.717) is 12.6 Å². The van der Waals surface area contributed by atoms with E-state index in [4.69, 9.17) is 0 Å². The van der Waals surface area contributed by atoms with Crippen molar-refractivity contribution in [2.24, 2.45) is 0 Å². The number of nitrogens with one attached hydrogen (secondary N) is 2. The van der Waals surface area contributed by atoms with Gasteiger partial charge >= 0.3 is 6.03 Å². The predicted molar refractivity (Wildman–Crippen MR) is 44.1 cm³/mol. The minimum atomic E-state index is -0.0769. The molecule has 0 heterocycles. The Bertz CT molecular complexity index is 130. The molecule has 0 unspecified atom stereocenters. The van der Waals surface area contributed by atoms with Crippen molar-refractivity contribution in [3.8, 4) is 0 Å². The summed E-state index contributed by atoms with van der Waals surface area (Å²) in [5.74, 6) is 0. The van der Waals surface area contributed by atoms with Crippen LogP contribution in [0, 0.1) is 6.92 Å². The molecule has 63 valence electrons. The maximum absolute atomic E-state index is 10.9. The van der Waals surface area contributed by atoms with Gasteiger partial charge in [-0.25, -0.2) is 4.79 Å². The van der Waals surface area contributed by atoms with Gasteiger partial charge < -0.3 is 10.6 Å². The van der Waals surface area contributed by atoms with E-state index in [1.54, 1.807) is 0 Å². The third-order valence-electron chi connectivity index (χ3n) is 1.98. The van der Waals surface area contributed by atoms with Crippen molar-refractivity contribution in [1.29, 1.82) is 0 Å². The summed E-state index contributed by atoms with van der Waals surface area (Å²) in [6.45, 7) is 3.99. The van der Waals surface area contributed by atoms with E-state index in [2.05, 4.69) is 17.6 Å². The molecule has 1 fully saturated rings. The van der Waals surface area contributed by atoms with Gasteiger partial charge in [-0.15, -0.1) is 0 Å². The molecule has 1 radical (unpaired) electrons. The first kappa shape index (κ1) is 8.37. The zero-order valence-corrected chi connectivity index (χ0v) is 6.73. The van der Waals surface area contributed by atoms with Crippen molar-refractivity contribution < 1.29 is 4.79 Å². The monoisotopic (exact) mass is 155 g/mol. The minimum Gasteiger partial charge on any atom is -0.338 e. The standard InChI is InChI=1S/C8H15N2O/c1-2-9-8(11)10-7-5-3-4-6-7/h7H,1-6H2,(H2,9,10,11). The molecule has 3 nitrogen and oxygen atoms in total. The lowest BCUT2D eigenvalue weighted by atomic mass is 10.3. The van der Waals surface area contributed by atoms with Crippen LogP contribution in [0.15, 0.2) is 0 Å². The highest BCUT2D eigenvalue weighted by atomic mass is 16.2. The molecule has 0 aromatic carbocycles. The van der Waals surface area contributed by atoms with Gasteiger partial charge in [0, 0.05) is 12.6 Å². The van der Waals surface area contributed by atoms with Crippen LogP contribution in [0.5, 0.6) is 0 Å². The van der Waals surface area contributed by atoms with Gasteiger partial charge in [-0.2, -0.15) is 0 Å². The van der Waals surface area contributed by atoms with Gasteiger partial charge in [0.1, 0.15) is 0 Å². The smallest absolute Gasteiger partial charge is 0.315 e. The van der Waals surface area contributed by atoms with Crippen molar-refractivity contribution in [2.75, 3.05) is 6.54 Å². The summed E-state index contributed by atoms with van der Waals surface area (Å²) in [5.41, 5.74) is 0. The summed E-state index contributed by atoms with van der Waals surface area (Å²) in [6.07, 6.45) is 4.75. The van der Waals surface area contributed by atoms with Gasteiger partial charge in [-0.05, 0) is 19.8 Å². The van der Waals surface area contributed by atoms with Crippen LogP contribution in [0.1, 0.15) is 25.7 Å². The van der Waals surface area contributed by atoms with Crippen LogP contribution in [0.4, 0.5) is 4.79 Å². The van der Waals surface area contributed by atoms with Crippen molar-refractivity contribution >= 4 is 6.03 Å². The zero-order valence-electron chi connectivity index (χ0n) is 6.73. The van der Waals surface area contributed by atoms with Gasteiger partial charge in [-0.1, -0.05) is 12.8 Å². The van der Waals surface area contributed by atoms with Gasteiger partial charge in [0.05, 0.1) is 0 Å². The van der Waals surface area contributed by atoms with Crippen molar-refractivity contribution in [3.63, 3.8) is 0 Å². The SMILES string of the molecule is [CH2]CNC(=O)NC1CCCC1. The first-order chi connectivity index (χ1) is 5.33. The molecule has 11 heavy (non-hydrogen) atoms. The summed E-state index contributed by atoms with van der Waals surface area (Å²) < 4.78 is 0. The lowest BCUT2D eigenvalue weighted by Crippen LogP contribution is -2.40. The Morgan fingerprint density at radius 2 is 2.09 bits per heavy atom. The molecule has 1 aliphatic carbocycles. The molecule has 2 N–H and O–H groups in total. The summed E-state index contributed by atoms with van der Waals surface area (Å²) >= 11 is 0. The van der Waals surface area contributed by atoms with Crippen LogP contribution in [0.2, 0.25) is 0 Å². The molecule has 3 heteroatoms. The molecular weight excluding hydrogens is 140 g/mol. The van der Waals surface area contributed by atoms with Crippen molar-refractivity contribution in [2.45, 2.75) is 31.7 Å². The Kier molecular flexibility index (Phi) is 3.20. The van der Waals surface area contributed by atoms with Crippen molar-refractivity contribution in [1.82, 2.24) is 10.6 Å². The van der Waals surface area contributed by atoms with Crippen molar-refractivity contribution in [3.05, 3.63) is 6.92 Å². The zero-order chi connectivity index (χ0) is 8.10. The number of rotatable bonds is 2. The molecule has 0 bridgehead atoms. The normalized spacial score (nSPS) is 18.3. The van der Waals surface area contributed by atoms with E-state index < -0.39 is 0 Å². The predicted octanol–water partition coefficient (Wildman–Crippen LogP) is 1.06. The third kappa shape index (κ3) is 2.78. The maximum atomic E-state index is 10.9. The Labute approximate surface area is 67.5 Å². The molecule has 0 spiro atoms. The average Bonchev–Trinajstić information content (AvgIpc) is 2.40. The minimum absolute atomic E-state index is 0.0769. The fourth-order valence-corrected chi connectivity index (χ4v) is 1.42. The quantitative estimate of drug-likeness (QED) is 0.615. The maximum Gasteiger partial charge on any atom is 0.315 e. The Morgan fingerprint density at radius 3 is 2.64 bits per heavy atom. The summed E-state index contributed by atoms with van der Waals surface area (Å²) in [5, 5.41) is 5.50. The van der Waals surface area contributed by atoms with E-state index >= 15 is 0 Å². The second kappa shape index (κ2) is 4.21. The van der Waals surface area contributed by atoms with Gasteiger partial charge in [0.15, 0.2) is 0 Å². The van der Waals surface area contributed by atoms with Crippen LogP contribution in [-0.4, -0.2) is 18.6 Å². The molecule has 0 aromatic heterocycles. The Morgan fingerprint density at radius 1 is 1.45 bits per heavy atom. The molecule has 0 saturated heterocycles. The molecule has 1 rings (SSSR count). The molecular formula is C8H15N2O. The van der Waals surface area contributed by atoms with E-state index in [1.165, 1.54) is 12.8 Å². The molecule has 0 aromatic rings. The number of amides is 2. The van der Waals surface area contributed by atoms with E-state index in [0.717, 1.165) is 12.8 Å². The van der Waals surface area contributed by atoms with E-state index in [-0.39, 0.29) is 6.03 Å². The van der Waals surface area contributed by atoms with Crippen LogP contribution in [0.25, 0.3) is 0 Å². The van der Waals surface area contributed by atoms with Gasteiger partial charge in [0.25, 0.3) is 0 Å². The van der Waals surface area contributed by atoms with Crippen LogP contribution in [0.3, 0.4) is 0 Å². The Hall–Kier alpha value is -0.730. The Balaban J connectivity index is 2.13. The highest BCUT2D eigenvalue weighted by Gasteiger charge is 2.15. The average molecular weight is 155 g/mol. The fourth-order valence-electron chi connectivity index (χ4n) is 1.42. The second-order valence-corrected chi connectivity index (χ2v) is 2.88. The molecule has 2 amide bonds. The molecule has 1 saturated carbocycles. The molecule has 0 aliphatic heterocycles.